The molecular weight excluding hydrogens is 338 g/mol. The quantitative estimate of drug-likeness (QED) is 0.396. The first-order valence-electron chi connectivity index (χ1n) is 7.66. The zero-order valence-corrected chi connectivity index (χ0v) is 13.7. The molecule has 0 aliphatic carbocycles. The van der Waals surface area contributed by atoms with Gasteiger partial charge in [0.2, 0.25) is 0 Å². The van der Waals surface area contributed by atoms with Crippen LogP contribution < -0.4 is 16.1 Å². The van der Waals surface area contributed by atoms with Gasteiger partial charge in [-0.05, 0) is 5.56 Å². The van der Waals surface area contributed by atoms with Crippen molar-refractivity contribution in [3.63, 3.8) is 0 Å². The Bertz CT molecular complexity index is 808. The Morgan fingerprint density at radius 2 is 1.85 bits per heavy atom. The predicted molar refractivity (Wildman–Crippen MR) is 95.5 cm³/mol. The second-order valence-electron chi connectivity index (χ2n) is 5.17. The summed E-state index contributed by atoms with van der Waals surface area (Å²) in [4.78, 5) is 33.4. The predicted octanol–water partition coefficient (Wildman–Crippen LogP) is 1.54. The van der Waals surface area contributed by atoms with Crippen molar-refractivity contribution in [2.45, 2.75) is 6.54 Å². The molecule has 9 heteroatoms. The number of hydrazone groups is 1. The molecule has 0 saturated heterocycles. The lowest BCUT2D eigenvalue weighted by Crippen LogP contribution is -2.40. The molecule has 134 valence electrons. The van der Waals surface area contributed by atoms with Gasteiger partial charge in [0.15, 0.2) is 0 Å². The van der Waals surface area contributed by atoms with Gasteiger partial charge in [0.25, 0.3) is 11.6 Å². The summed E-state index contributed by atoms with van der Waals surface area (Å²) < 4.78 is 0. The number of nitrogens with one attached hydrogen (secondary N) is 3. The lowest BCUT2D eigenvalue weighted by atomic mass is 10.2. The van der Waals surface area contributed by atoms with Gasteiger partial charge in [0.05, 0.1) is 11.1 Å². The van der Waals surface area contributed by atoms with Crippen molar-refractivity contribution in [3.8, 4) is 0 Å². The van der Waals surface area contributed by atoms with Gasteiger partial charge in [-0.3, -0.25) is 14.9 Å². The van der Waals surface area contributed by atoms with E-state index in [2.05, 4.69) is 21.2 Å². The second kappa shape index (κ2) is 9.52. The molecule has 0 spiro atoms. The van der Waals surface area contributed by atoms with Crippen molar-refractivity contribution < 1.29 is 14.5 Å². The molecule has 0 bridgehead atoms. The fraction of sp³-hybridized carbons (Fsp3) is 0.118. The molecule has 2 rings (SSSR count). The van der Waals surface area contributed by atoms with Crippen molar-refractivity contribution >= 4 is 23.8 Å². The summed E-state index contributed by atoms with van der Waals surface area (Å²) in [6, 6.07) is 14.7. The molecular formula is C17H17N5O4. The van der Waals surface area contributed by atoms with Crippen LogP contribution in [0.1, 0.15) is 11.1 Å². The molecule has 0 atom stereocenters. The maximum Gasteiger partial charge on any atom is 0.315 e. The van der Waals surface area contributed by atoms with Crippen molar-refractivity contribution in [2.24, 2.45) is 5.10 Å². The van der Waals surface area contributed by atoms with E-state index >= 15 is 0 Å². The first-order chi connectivity index (χ1) is 12.5. The average Bonchev–Trinajstić information content (AvgIpc) is 2.66. The largest absolute Gasteiger partial charge is 0.334 e. The van der Waals surface area contributed by atoms with E-state index in [0.29, 0.717) is 12.1 Å². The highest BCUT2D eigenvalue weighted by Gasteiger charge is 2.05. The van der Waals surface area contributed by atoms with Crippen molar-refractivity contribution in [3.05, 3.63) is 75.8 Å². The molecule has 0 fully saturated rings. The fourth-order valence-corrected chi connectivity index (χ4v) is 1.94. The van der Waals surface area contributed by atoms with Crippen LogP contribution in [-0.4, -0.2) is 29.6 Å². The van der Waals surface area contributed by atoms with Crippen LogP contribution in [0.3, 0.4) is 0 Å². The monoisotopic (exact) mass is 355 g/mol. The third-order valence-corrected chi connectivity index (χ3v) is 3.19. The number of hydrogen-bond donors (Lipinski definition) is 3. The molecule has 0 saturated carbocycles. The number of nitro benzene ring substituents is 1. The van der Waals surface area contributed by atoms with Gasteiger partial charge in [-0.1, -0.05) is 42.5 Å². The number of carbonyl (C=O) groups excluding carboxylic acids is 2. The van der Waals surface area contributed by atoms with Gasteiger partial charge in [-0.2, -0.15) is 5.10 Å². The molecule has 2 aromatic carbocycles. The lowest BCUT2D eigenvalue weighted by Gasteiger charge is -2.06. The summed E-state index contributed by atoms with van der Waals surface area (Å²) >= 11 is 0. The molecule has 9 nitrogen and oxygen atoms in total. The molecule has 0 radical (unpaired) electrons. The Morgan fingerprint density at radius 3 is 2.58 bits per heavy atom. The van der Waals surface area contributed by atoms with E-state index in [1.807, 2.05) is 30.3 Å². The Morgan fingerprint density at radius 1 is 1.08 bits per heavy atom. The second-order valence-corrected chi connectivity index (χ2v) is 5.17. The number of nitrogens with zero attached hydrogens (tertiary/aromatic N) is 2. The smallest absolute Gasteiger partial charge is 0.315 e. The highest BCUT2D eigenvalue weighted by molar-refractivity contribution is 5.86. The zero-order valence-electron chi connectivity index (χ0n) is 13.7. The number of rotatable bonds is 7. The number of non-ortho nitro benzene ring substituents is 1. The lowest BCUT2D eigenvalue weighted by molar-refractivity contribution is -0.384. The Labute approximate surface area is 149 Å². The minimum Gasteiger partial charge on any atom is -0.334 e. The van der Waals surface area contributed by atoms with Crippen LogP contribution in [0.15, 0.2) is 59.7 Å². The van der Waals surface area contributed by atoms with Crippen LogP contribution in [0.5, 0.6) is 0 Å². The molecule has 0 aromatic heterocycles. The molecule has 0 aliphatic heterocycles. The molecule has 3 N–H and O–H groups in total. The van der Waals surface area contributed by atoms with E-state index in [4.69, 9.17) is 0 Å². The maximum absolute atomic E-state index is 11.6. The van der Waals surface area contributed by atoms with E-state index in [0.717, 1.165) is 5.56 Å². The first-order valence-corrected chi connectivity index (χ1v) is 7.66. The first kappa shape index (κ1) is 18.6. The third kappa shape index (κ3) is 6.40. The van der Waals surface area contributed by atoms with Crippen LogP contribution >= 0.6 is 0 Å². The van der Waals surface area contributed by atoms with Crippen molar-refractivity contribution in [1.29, 1.82) is 0 Å². The molecule has 26 heavy (non-hydrogen) atoms. The SMILES string of the molecule is O=C(CNC(=O)NCc1ccccc1)N/N=C/c1cccc([N+](=O)[O-])c1. The van der Waals surface area contributed by atoms with Gasteiger partial charge >= 0.3 is 6.03 Å². The minimum atomic E-state index is -0.526. The number of nitro groups is 1. The Hall–Kier alpha value is -3.75. The van der Waals surface area contributed by atoms with Gasteiger partial charge < -0.3 is 10.6 Å². The summed E-state index contributed by atoms with van der Waals surface area (Å²) in [5.74, 6) is -0.526. The number of carbonyl (C=O) groups is 2. The van der Waals surface area contributed by atoms with E-state index in [1.165, 1.54) is 24.4 Å². The van der Waals surface area contributed by atoms with Crippen LogP contribution in [0.25, 0.3) is 0 Å². The minimum absolute atomic E-state index is 0.0722. The van der Waals surface area contributed by atoms with Crippen LogP contribution in [-0.2, 0) is 11.3 Å². The summed E-state index contributed by atoms with van der Waals surface area (Å²) in [5, 5.41) is 19.4. The van der Waals surface area contributed by atoms with Crippen LogP contribution in [0, 0.1) is 10.1 Å². The Kier molecular flexibility index (Phi) is 6.81. The molecule has 0 aliphatic rings. The van der Waals surface area contributed by atoms with E-state index in [1.54, 1.807) is 6.07 Å². The topological polar surface area (TPSA) is 126 Å². The summed E-state index contributed by atoms with van der Waals surface area (Å²) in [6.45, 7) is 0.0894. The number of benzene rings is 2. The van der Waals surface area contributed by atoms with E-state index in [-0.39, 0.29) is 12.2 Å². The Balaban J connectivity index is 1.70. The van der Waals surface area contributed by atoms with Crippen LogP contribution in [0.2, 0.25) is 0 Å². The number of urea groups is 1. The van der Waals surface area contributed by atoms with Gasteiger partial charge in [0.1, 0.15) is 6.54 Å². The van der Waals surface area contributed by atoms with Crippen LogP contribution in [0.4, 0.5) is 10.5 Å². The highest BCUT2D eigenvalue weighted by atomic mass is 16.6. The van der Waals surface area contributed by atoms with Gasteiger partial charge in [0, 0.05) is 24.2 Å². The third-order valence-electron chi connectivity index (χ3n) is 3.19. The number of hydrogen-bond acceptors (Lipinski definition) is 5. The standard InChI is InChI=1S/C17H17N5O4/c23-16(12-19-17(24)18-10-13-5-2-1-3-6-13)21-20-11-14-7-4-8-15(9-14)22(25)26/h1-9,11H,10,12H2,(H,21,23)(H2,18,19,24)/b20-11+. The maximum atomic E-state index is 11.6. The summed E-state index contributed by atoms with van der Waals surface area (Å²) in [7, 11) is 0. The zero-order chi connectivity index (χ0) is 18.8. The normalized spacial score (nSPS) is 10.3. The average molecular weight is 355 g/mol. The summed E-state index contributed by atoms with van der Waals surface area (Å²) in [5.41, 5.74) is 3.56. The summed E-state index contributed by atoms with van der Waals surface area (Å²) in [6.07, 6.45) is 1.28. The van der Waals surface area contributed by atoms with E-state index in [9.17, 15) is 19.7 Å². The fourth-order valence-electron chi connectivity index (χ4n) is 1.94. The molecule has 0 heterocycles. The molecule has 3 amide bonds. The molecule has 2 aromatic rings. The van der Waals surface area contributed by atoms with Gasteiger partial charge in [-0.15, -0.1) is 0 Å². The highest BCUT2D eigenvalue weighted by Crippen LogP contribution is 2.11. The van der Waals surface area contributed by atoms with E-state index < -0.39 is 16.9 Å². The van der Waals surface area contributed by atoms with Gasteiger partial charge in [-0.25, -0.2) is 10.2 Å². The van der Waals surface area contributed by atoms with Crippen molar-refractivity contribution in [1.82, 2.24) is 16.1 Å². The van der Waals surface area contributed by atoms with Crippen molar-refractivity contribution in [2.75, 3.05) is 6.54 Å². The number of amides is 3. The molecule has 0 unspecified atom stereocenters.